The van der Waals surface area contributed by atoms with Gasteiger partial charge in [-0.1, -0.05) is 32.0 Å². The van der Waals surface area contributed by atoms with Crippen LogP contribution in [0.2, 0.25) is 0 Å². The number of aryl methyl sites for hydroxylation is 1. The van der Waals surface area contributed by atoms with Crippen LogP contribution in [0.5, 0.6) is 0 Å². The summed E-state index contributed by atoms with van der Waals surface area (Å²) >= 11 is 1.72. The summed E-state index contributed by atoms with van der Waals surface area (Å²) in [5.74, 6) is -0.772. The van der Waals surface area contributed by atoms with Crippen LogP contribution >= 0.6 is 11.3 Å². The predicted molar refractivity (Wildman–Crippen MR) is 103 cm³/mol. The average Bonchev–Trinajstić information content (AvgIpc) is 3.13. The number of hydrogen-bond acceptors (Lipinski definition) is 3. The second-order valence-electron chi connectivity index (χ2n) is 8.19. The Morgan fingerprint density at radius 2 is 2.08 bits per heavy atom. The normalized spacial score (nSPS) is 21.0. The molecule has 1 heterocycles. The van der Waals surface area contributed by atoms with Crippen molar-refractivity contribution in [2.75, 3.05) is 7.05 Å². The molecule has 2 aromatic rings. The second kappa shape index (κ2) is 5.96. The lowest BCUT2D eigenvalue weighted by Crippen LogP contribution is -2.24. The zero-order valence-electron chi connectivity index (χ0n) is 15.1. The fraction of sp³-hybridized carbons (Fsp3) is 0.476. The van der Waals surface area contributed by atoms with Gasteiger partial charge < -0.3 is 10.4 Å². The molecule has 0 aliphatic heterocycles. The zero-order chi connectivity index (χ0) is 17.8. The molecule has 0 radical (unpaired) electrons. The van der Waals surface area contributed by atoms with Crippen molar-refractivity contribution >= 4 is 17.3 Å². The maximum atomic E-state index is 12.2. The van der Waals surface area contributed by atoms with Crippen LogP contribution in [0, 0.1) is 5.41 Å². The maximum absolute atomic E-state index is 12.2. The molecule has 25 heavy (non-hydrogen) atoms. The van der Waals surface area contributed by atoms with Crippen molar-refractivity contribution in [2.24, 2.45) is 5.41 Å². The molecule has 2 aliphatic carbocycles. The van der Waals surface area contributed by atoms with Gasteiger partial charge in [0, 0.05) is 15.8 Å². The lowest BCUT2D eigenvalue weighted by atomic mass is 9.76. The zero-order valence-corrected chi connectivity index (χ0v) is 15.9. The van der Waals surface area contributed by atoms with Gasteiger partial charge in [0.1, 0.15) is 0 Å². The third-order valence-corrected chi connectivity index (χ3v) is 7.16. The van der Waals surface area contributed by atoms with E-state index in [1.165, 1.54) is 16.0 Å². The topological polar surface area (TPSA) is 49.3 Å². The molecule has 0 fully saturated rings. The van der Waals surface area contributed by atoms with E-state index in [2.05, 4.69) is 37.4 Å². The van der Waals surface area contributed by atoms with Gasteiger partial charge in [0.05, 0.1) is 5.56 Å². The van der Waals surface area contributed by atoms with Gasteiger partial charge in [-0.2, -0.15) is 0 Å². The van der Waals surface area contributed by atoms with Crippen LogP contribution in [-0.2, 0) is 25.7 Å². The maximum Gasteiger partial charge on any atom is 0.337 e. The SMILES string of the molecule is CN[C@@H]1Cc2cccc(-c3sc4c(c3C(=O)O)CC(C)(C)CC4)c2C1. The lowest BCUT2D eigenvalue weighted by Gasteiger charge is -2.29. The Balaban J connectivity index is 1.87. The molecular formula is C21H25NO2S. The van der Waals surface area contributed by atoms with Crippen molar-refractivity contribution in [1.29, 1.82) is 0 Å². The van der Waals surface area contributed by atoms with Crippen molar-refractivity contribution in [3.8, 4) is 10.4 Å². The minimum atomic E-state index is -0.772. The van der Waals surface area contributed by atoms with E-state index < -0.39 is 5.97 Å². The van der Waals surface area contributed by atoms with E-state index >= 15 is 0 Å². The van der Waals surface area contributed by atoms with E-state index in [1.54, 1.807) is 11.3 Å². The molecule has 4 heteroatoms. The Kier molecular flexibility index (Phi) is 4.00. The molecule has 0 spiro atoms. The number of aromatic carboxylic acids is 1. The smallest absolute Gasteiger partial charge is 0.337 e. The van der Waals surface area contributed by atoms with Crippen molar-refractivity contribution < 1.29 is 9.90 Å². The summed E-state index contributed by atoms with van der Waals surface area (Å²) in [6.07, 6.45) is 5.01. The van der Waals surface area contributed by atoms with Crippen LogP contribution < -0.4 is 5.32 Å². The number of rotatable bonds is 3. The van der Waals surface area contributed by atoms with Crippen LogP contribution in [-0.4, -0.2) is 24.2 Å². The molecule has 0 bridgehead atoms. The molecular weight excluding hydrogens is 330 g/mol. The molecule has 0 amide bonds. The van der Waals surface area contributed by atoms with Gasteiger partial charge in [-0.05, 0) is 66.8 Å². The van der Waals surface area contributed by atoms with E-state index in [0.29, 0.717) is 11.6 Å². The third kappa shape index (κ3) is 2.81. The van der Waals surface area contributed by atoms with E-state index in [-0.39, 0.29) is 5.41 Å². The number of fused-ring (bicyclic) bond motifs is 2. The Hall–Kier alpha value is -1.65. The first kappa shape index (κ1) is 16.8. The highest BCUT2D eigenvalue weighted by atomic mass is 32.1. The minimum absolute atomic E-state index is 0.186. The lowest BCUT2D eigenvalue weighted by molar-refractivity contribution is 0.0696. The number of carboxylic acids is 1. The van der Waals surface area contributed by atoms with Gasteiger partial charge in [0.15, 0.2) is 0 Å². The van der Waals surface area contributed by atoms with Gasteiger partial charge in [-0.3, -0.25) is 0 Å². The van der Waals surface area contributed by atoms with Gasteiger partial charge in [-0.25, -0.2) is 4.79 Å². The van der Waals surface area contributed by atoms with Crippen LogP contribution in [0.1, 0.15) is 52.2 Å². The fourth-order valence-electron chi connectivity index (χ4n) is 4.40. The van der Waals surface area contributed by atoms with Gasteiger partial charge in [0.2, 0.25) is 0 Å². The van der Waals surface area contributed by atoms with Crippen molar-refractivity contribution in [3.05, 3.63) is 45.3 Å². The van der Waals surface area contributed by atoms with E-state index in [4.69, 9.17) is 0 Å². The number of hydrogen-bond donors (Lipinski definition) is 2. The van der Waals surface area contributed by atoms with Crippen molar-refractivity contribution in [3.63, 3.8) is 0 Å². The summed E-state index contributed by atoms with van der Waals surface area (Å²) in [7, 11) is 2.00. The second-order valence-corrected chi connectivity index (χ2v) is 9.30. The first-order valence-electron chi connectivity index (χ1n) is 9.06. The predicted octanol–water partition coefficient (Wildman–Crippen LogP) is 4.31. The third-order valence-electron chi connectivity index (χ3n) is 5.83. The summed E-state index contributed by atoms with van der Waals surface area (Å²) in [4.78, 5) is 14.4. The minimum Gasteiger partial charge on any atom is -0.478 e. The Labute approximate surface area is 153 Å². The van der Waals surface area contributed by atoms with E-state index in [9.17, 15) is 9.90 Å². The van der Waals surface area contributed by atoms with Crippen LogP contribution in [0.25, 0.3) is 10.4 Å². The fourth-order valence-corrected chi connectivity index (χ4v) is 5.77. The number of likely N-dealkylation sites (N-methyl/N-ethyl adjacent to an activating group) is 1. The number of carbonyl (C=O) groups is 1. The molecule has 4 rings (SSSR count). The van der Waals surface area contributed by atoms with Gasteiger partial charge >= 0.3 is 5.97 Å². The first-order valence-corrected chi connectivity index (χ1v) is 9.87. The number of benzene rings is 1. The standard InChI is InChI=1S/C21H25NO2S/c1-21(2)8-7-17-16(11-21)18(20(23)24)19(25-17)14-6-4-5-12-9-13(22-3)10-15(12)14/h4-6,13,22H,7-11H2,1-3H3,(H,23,24)/t13-/m1/s1. The quantitative estimate of drug-likeness (QED) is 0.862. The number of thiophene rings is 1. The highest BCUT2D eigenvalue weighted by molar-refractivity contribution is 7.16. The Morgan fingerprint density at radius 3 is 2.80 bits per heavy atom. The highest BCUT2D eigenvalue weighted by Gasteiger charge is 2.34. The summed E-state index contributed by atoms with van der Waals surface area (Å²) in [5.41, 5.74) is 5.68. The van der Waals surface area contributed by atoms with E-state index in [0.717, 1.165) is 48.1 Å². The summed E-state index contributed by atoms with van der Waals surface area (Å²) < 4.78 is 0. The molecule has 1 aromatic carbocycles. The molecule has 2 aliphatic rings. The Bertz CT molecular complexity index is 850. The van der Waals surface area contributed by atoms with Gasteiger partial charge in [0.25, 0.3) is 0 Å². The average molecular weight is 356 g/mol. The molecule has 0 saturated carbocycles. The van der Waals surface area contributed by atoms with Crippen molar-refractivity contribution in [2.45, 2.75) is 52.0 Å². The van der Waals surface area contributed by atoms with Gasteiger partial charge in [-0.15, -0.1) is 11.3 Å². The highest BCUT2D eigenvalue weighted by Crippen LogP contribution is 2.46. The molecule has 0 unspecified atom stereocenters. The summed E-state index contributed by atoms with van der Waals surface area (Å²) in [6, 6.07) is 6.84. The molecule has 2 N–H and O–H groups in total. The summed E-state index contributed by atoms with van der Waals surface area (Å²) in [5, 5.41) is 13.4. The van der Waals surface area contributed by atoms with Crippen molar-refractivity contribution in [1.82, 2.24) is 5.32 Å². The first-order chi connectivity index (χ1) is 11.9. The summed E-state index contributed by atoms with van der Waals surface area (Å²) in [6.45, 7) is 4.49. The molecule has 3 nitrogen and oxygen atoms in total. The molecule has 1 aromatic heterocycles. The Morgan fingerprint density at radius 1 is 1.28 bits per heavy atom. The molecule has 0 saturated heterocycles. The monoisotopic (exact) mass is 355 g/mol. The van der Waals surface area contributed by atoms with E-state index in [1.807, 2.05) is 7.05 Å². The number of carboxylic acid groups (broad SMARTS) is 1. The number of nitrogens with one attached hydrogen (secondary N) is 1. The van der Waals surface area contributed by atoms with Crippen LogP contribution in [0.15, 0.2) is 18.2 Å². The largest absolute Gasteiger partial charge is 0.478 e. The molecule has 132 valence electrons. The van der Waals surface area contributed by atoms with Crippen LogP contribution in [0.4, 0.5) is 0 Å². The molecule has 1 atom stereocenters. The van der Waals surface area contributed by atoms with Crippen LogP contribution in [0.3, 0.4) is 0 Å².